The van der Waals surface area contributed by atoms with E-state index in [0.717, 1.165) is 27.1 Å². The van der Waals surface area contributed by atoms with Crippen LogP contribution in [-0.2, 0) is 0 Å². The molecule has 108 valence electrons. The maximum atomic E-state index is 10.5. The van der Waals surface area contributed by atoms with Crippen LogP contribution in [0, 0.1) is 18.3 Å². The zero-order valence-electron chi connectivity index (χ0n) is 12.0. The summed E-state index contributed by atoms with van der Waals surface area (Å²) in [6, 6.07) is 15.6. The molecule has 3 nitrogen and oxygen atoms in total. The van der Waals surface area contributed by atoms with E-state index in [1.165, 1.54) is 11.3 Å². The lowest BCUT2D eigenvalue weighted by molar-refractivity contribution is 0.224. The molecule has 0 aliphatic heterocycles. The minimum Gasteiger partial charge on any atom is -0.383 e. The molecule has 1 N–H and O–H groups in total. The van der Waals surface area contributed by atoms with Gasteiger partial charge in [-0.2, -0.15) is 5.26 Å². The molecule has 0 aliphatic rings. The van der Waals surface area contributed by atoms with Crippen LogP contribution in [0.4, 0.5) is 0 Å². The highest BCUT2D eigenvalue weighted by atomic mass is 32.1. The smallest absolute Gasteiger partial charge is 0.115 e. The summed E-state index contributed by atoms with van der Waals surface area (Å²) >= 11 is 1.41. The third-order valence-corrected chi connectivity index (χ3v) is 4.46. The molecule has 1 unspecified atom stereocenters. The van der Waals surface area contributed by atoms with Gasteiger partial charge in [0.1, 0.15) is 6.10 Å². The Morgan fingerprint density at radius 1 is 1.18 bits per heavy atom. The number of nitriles is 1. The molecule has 0 saturated heterocycles. The molecule has 0 radical (unpaired) electrons. The molecule has 0 bridgehead atoms. The maximum Gasteiger partial charge on any atom is 0.115 e. The van der Waals surface area contributed by atoms with Crippen molar-refractivity contribution >= 4 is 11.3 Å². The zero-order chi connectivity index (χ0) is 15.5. The van der Waals surface area contributed by atoms with Gasteiger partial charge in [0.15, 0.2) is 0 Å². The van der Waals surface area contributed by atoms with Crippen molar-refractivity contribution < 1.29 is 5.11 Å². The molecule has 1 atom stereocenters. The van der Waals surface area contributed by atoms with Crippen molar-refractivity contribution in [2.45, 2.75) is 13.0 Å². The van der Waals surface area contributed by atoms with E-state index in [1.54, 1.807) is 23.8 Å². The van der Waals surface area contributed by atoms with E-state index in [1.807, 2.05) is 37.3 Å². The van der Waals surface area contributed by atoms with Crippen LogP contribution in [0.15, 0.2) is 54.2 Å². The van der Waals surface area contributed by atoms with E-state index in [9.17, 15) is 10.4 Å². The molecule has 4 heteroatoms. The summed E-state index contributed by atoms with van der Waals surface area (Å²) < 4.78 is 0. The number of hydrogen-bond acceptors (Lipinski definition) is 4. The Bertz CT molecular complexity index is 835. The van der Waals surface area contributed by atoms with Gasteiger partial charge in [0.25, 0.3) is 0 Å². The number of benzene rings is 2. The number of hydrogen-bond donors (Lipinski definition) is 1. The Hall–Kier alpha value is -2.48. The summed E-state index contributed by atoms with van der Waals surface area (Å²) in [4.78, 5) is 4.80. The van der Waals surface area contributed by atoms with Crippen LogP contribution < -0.4 is 0 Å². The minimum atomic E-state index is -0.719. The predicted octanol–water partition coefficient (Wildman–Crippen LogP) is 4.07. The van der Waals surface area contributed by atoms with Crippen molar-refractivity contribution in [2.75, 3.05) is 0 Å². The summed E-state index contributed by atoms with van der Waals surface area (Å²) in [6.45, 7) is 2.02. The Kier molecular flexibility index (Phi) is 4.01. The Morgan fingerprint density at radius 3 is 2.68 bits per heavy atom. The van der Waals surface area contributed by atoms with Crippen molar-refractivity contribution in [1.29, 1.82) is 5.26 Å². The van der Waals surface area contributed by atoms with Gasteiger partial charge in [0, 0.05) is 11.8 Å². The summed E-state index contributed by atoms with van der Waals surface area (Å²) in [5.74, 6) is 0. The van der Waals surface area contributed by atoms with E-state index < -0.39 is 6.10 Å². The minimum absolute atomic E-state index is 0.606. The molecule has 0 amide bonds. The molecule has 2 aromatic carbocycles. The first-order valence-electron chi connectivity index (χ1n) is 6.87. The molecule has 22 heavy (non-hydrogen) atoms. The number of nitrogens with zero attached hydrogens (tertiary/aromatic N) is 2. The topological polar surface area (TPSA) is 56.9 Å². The normalized spacial score (nSPS) is 11.9. The third kappa shape index (κ3) is 2.64. The lowest BCUT2D eigenvalue weighted by Gasteiger charge is -2.13. The number of aliphatic hydroxyl groups is 1. The van der Waals surface area contributed by atoms with E-state index in [-0.39, 0.29) is 0 Å². The van der Waals surface area contributed by atoms with E-state index in [0.29, 0.717) is 5.56 Å². The van der Waals surface area contributed by atoms with Gasteiger partial charge in [-0.1, -0.05) is 30.3 Å². The van der Waals surface area contributed by atoms with Gasteiger partial charge < -0.3 is 5.11 Å². The summed E-state index contributed by atoms with van der Waals surface area (Å²) in [6.07, 6.45) is 0.948. The fourth-order valence-electron chi connectivity index (χ4n) is 2.45. The van der Waals surface area contributed by atoms with Gasteiger partial charge in [-0.25, -0.2) is 0 Å². The molecule has 1 heterocycles. The van der Waals surface area contributed by atoms with Crippen molar-refractivity contribution in [1.82, 2.24) is 4.98 Å². The van der Waals surface area contributed by atoms with Crippen molar-refractivity contribution in [3.63, 3.8) is 0 Å². The van der Waals surface area contributed by atoms with E-state index >= 15 is 0 Å². The number of aryl methyl sites for hydroxylation is 1. The van der Waals surface area contributed by atoms with Crippen molar-refractivity contribution in [3.8, 4) is 17.2 Å². The largest absolute Gasteiger partial charge is 0.383 e. The van der Waals surface area contributed by atoms with Crippen LogP contribution in [0.25, 0.3) is 11.1 Å². The second-order valence-electron chi connectivity index (χ2n) is 5.04. The first-order chi connectivity index (χ1) is 10.7. The van der Waals surface area contributed by atoms with Crippen LogP contribution in [0.2, 0.25) is 0 Å². The second kappa shape index (κ2) is 6.10. The molecule has 3 aromatic rings. The van der Waals surface area contributed by atoms with Gasteiger partial charge in [-0.3, -0.25) is 4.98 Å². The highest BCUT2D eigenvalue weighted by Crippen LogP contribution is 2.32. The molecule has 1 aromatic heterocycles. The molecule has 0 aliphatic carbocycles. The Labute approximate surface area is 133 Å². The highest BCUT2D eigenvalue weighted by molar-refractivity contribution is 7.09. The van der Waals surface area contributed by atoms with Gasteiger partial charge in [-0.05, 0) is 35.7 Å². The standard InChI is InChI=1S/C18H14N2OS/c1-12-4-2-3-5-15(12)16-8-13(6-7-14(16)9-19)18(21)17-10-20-11-22-17/h2-8,10-11,18,21H,1H3. The molecular formula is C18H14N2OS. The van der Waals surface area contributed by atoms with Gasteiger partial charge in [0.2, 0.25) is 0 Å². The fraction of sp³-hybridized carbons (Fsp3) is 0.111. The molecule has 0 saturated carbocycles. The third-order valence-electron chi connectivity index (χ3n) is 3.64. The monoisotopic (exact) mass is 306 g/mol. The van der Waals surface area contributed by atoms with Crippen molar-refractivity contribution in [3.05, 3.63) is 75.7 Å². The number of thiazole rings is 1. The van der Waals surface area contributed by atoms with Crippen molar-refractivity contribution in [2.24, 2.45) is 0 Å². The lowest BCUT2D eigenvalue weighted by Crippen LogP contribution is -1.99. The van der Waals surface area contributed by atoms with Crippen LogP contribution in [0.1, 0.15) is 27.7 Å². The van der Waals surface area contributed by atoms with Gasteiger partial charge >= 0.3 is 0 Å². The van der Waals surface area contributed by atoms with Crippen LogP contribution in [0.3, 0.4) is 0 Å². The first-order valence-corrected chi connectivity index (χ1v) is 7.75. The average molecular weight is 306 g/mol. The second-order valence-corrected chi connectivity index (χ2v) is 5.96. The SMILES string of the molecule is Cc1ccccc1-c1cc(C(O)c2cncs2)ccc1C#N. The number of aromatic nitrogens is 1. The summed E-state index contributed by atoms with van der Waals surface area (Å²) in [5, 5.41) is 19.8. The molecule has 3 rings (SSSR count). The molecule has 0 spiro atoms. The van der Waals surface area contributed by atoms with Crippen LogP contribution in [-0.4, -0.2) is 10.1 Å². The number of aliphatic hydroxyl groups excluding tert-OH is 1. The van der Waals surface area contributed by atoms with Gasteiger partial charge in [-0.15, -0.1) is 11.3 Å². The first kappa shape index (κ1) is 14.5. The summed E-state index contributed by atoms with van der Waals surface area (Å²) in [7, 11) is 0. The Morgan fingerprint density at radius 2 is 2.00 bits per heavy atom. The Balaban J connectivity index is 2.12. The maximum absolute atomic E-state index is 10.5. The average Bonchev–Trinajstić information content (AvgIpc) is 3.08. The lowest BCUT2D eigenvalue weighted by atomic mass is 9.93. The predicted molar refractivity (Wildman–Crippen MR) is 87.5 cm³/mol. The zero-order valence-corrected chi connectivity index (χ0v) is 12.8. The quantitative estimate of drug-likeness (QED) is 0.793. The van der Waals surface area contributed by atoms with E-state index in [2.05, 4.69) is 11.1 Å². The van der Waals surface area contributed by atoms with Crippen LogP contribution in [0.5, 0.6) is 0 Å². The number of rotatable bonds is 3. The fourth-order valence-corrected chi connectivity index (χ4v) is 3.08. The van der Waals surface area contributed by atoms with Crippen LogP contribution >= 0.6 is 11.3 Å². The van der Waals surface area contributed by atoms with E-state index in [4.69, 9.17) is 0 Å². The highest BCUT2D eigenvalue weighted by Gasteiger charge is 2.15. The molecular weight excluding hydrogens is 292 g/mol. The summed E-state index contributed by atoms with van der Waals surface area (Å²) in [5.41, 5.74) is 6.03. The molecule has 0 fully saturated rings. The van der Waals surface area contributed by atoms with Gasteiger partial charge in [0.05, 0.1) is 22.0 Å².